The molecular weight excluding hydrogens is 286 g/mol. The lowest BCUT2D eigenvalue weighted by Crippen LogP contribution is -2.37. The van der Waals surface area contributed by atoms with E-state index in [4.69, 9.17) is 22.6 Å². The van der Waals surface area contributed by atoms with Crippen molar-refractivity contribution in [3.05, 3.63) is 64.7 Å². The van der Waals surface area contributed by atoms with Gasteiger partial charge in [-0.3, -0.25) is 4.79 Å². The lowest BCUT2D eigenvalue weighted by molar-refractivity contribution is -0.117. The third-order valence-electron chi connectivity index (χ3n) is 3.00. The van der Waals surface area contributed by atoms with Gasteiger partial charge in [0, 0.05) is 5.02 Å². The van der Waals surface area contributed by atoms with Crippen molar-refractivity contribution in [3.8, 4) is 6.07 Å². The molecule has 21 heavy (non-hydrogen) atoms. The van der Waals surface area contributed by atoms with Crippen molar-refractivity contribution < 1.29 is 4.79 Å². The van der Waals surface area contributed by atoms with Gasteiger partial charge in [-0.25, -0.2) is 0 Å². The van der Waals surface area contributed by atoms with Gasteiger partial charge < -0.3 is 11.1 Å². The number of benzene rings is 2. The molecule has 0 heterocycles. The predicted molar refractivity (Wildman–Crippen MR) is 82.9 cm³/mol. The van der Waals surface area contributed by atoms with Crippen LogP contribution in [0.25, 0.3) is 0 Å². The third kappa shape index (κ3) is 4.06. The van der Waals surface area contributed by atoms with Crippen molar-refractivity contribution in [2.45, 2.75) is 12.5 Å². The van der Waals surface area contributed by atoms with Crippen molar-refractivity contribution in [1.82, 2.24) is 0 Å². The molecule has 1 atom stereocenters. The number of nitrogens with two attached hydrogens (primary N) is 1. The number of carbonyl (C=O) groups excluding carboxylic acids is 1. The van der Waals surface area contributed by atoms with Gasteiger partial charge in [-0.05, 0) is 30.2 Å². The Morgan fingerprint density at radius 2 is 2.00 bits per heavy atom. The molecule has 0 unspecified atom stereocenters. The number of hydrogen-bond donors (Lipinski definition) is 2. The van der Waals surface area contributed by atoms with Crippen LogP contribution in [0.4, 0.5) is 5.69 Å². The van der Waals surface area contributed by atoms with Gasteiger partial charge in [-0.1, -0.05) is 41.9 Å². The topological polar surface area (TPSA) is 78.9 Å². The van der Waals surface area contributed by atoms with Gasteiger partial charge in [0.1, 0.15) is 6.07 Å². The largest absolute Gasteiger partial charge is 0.323 e. The zero-order valence-corrected chi connectivity index (χ0v) is 12.0. The van der Waals surface area contributed by atoms with Crippen LogP contribution in [0.5, 0.6) is 0 Å². The normalized spacial score (nSPS) is 11.5. The van der Waals surface area contributed by atoms with E-state index in [0.29, 0.717) is 22.7 Å². The van der Waals surface area contributed by atoms with Crippen LogP contribution in [0.1, 0.15) is 11.1 Å². The molecule has 0 spiro atoms. The minimum absolute atomic E-state index is 0.347. The first-order valence-electron chi connectivity index (χ1n) is 6.40. The van der Waals surface area contributed by atoms with E-state index in [1.165, 1.54) is 6.07 Å². The Hall–Kier alpha value is -2.35. The average Bonchev–Trinajstić information content (AvgIpc) is 2.48. The molecule has 0 saturated carbocycles. The van der Waals surface area contributed by atoms with E-state index in [0.717, 1.165) is 5.56 Å². The number of nitriles is 1. The molecule has 2 aromatic carbocycles. The number of hydrogen-bond acceptors (Lipinski definition) is 3. The smallest absolute Gasteiger partial charge is 0.241 e. The molecule has 4 nitrogen and oxygen atoms in total. The van der Waals surface area contributed by atoms with Crippen LogP contribution >= 0.6 is 11.6 Å². The average molecular weight is 300 g/mol. The van der Waals surface area contributed by atoms with Gasteiger partial charge in [0.2, 0.25) is 5.91 Å². The maximum Gasteiger partial charge on any atom is 0.241 e. The summed E-state index contributed by atoms with van der Waals surface area (Å²) in [6.07, 6.45) is 0.426. The fraction of sp³-hybridized carbons (Fsp3) is 0.125. The van der Waals surface area contributed by atoms with Crippen LogP contribution in [-0.4, -0.2) is 11.9 Å². The molecule has 0 bridgehead atoms. The third-order valence-corrected chi connectivity index (χ3v) is 3.23. The Bertz CT molecular complexity index is 680. The molecule has 106 valence electrons. The molecule has 2 aromatic rings. The second-order valence-electron chi connectivity index (χ2n) is 4.59. The van der Waals surface area contributed by atoms with E-state index in [-0.39, 0.29) is 5.91 Å². The van der Waals surface area contributed by atoms with Crippen LogP contribution in [0.3, 0.4) is 0 Å². The number of halogens is 1. The van der Waals surface area contributed by atoms with Crippen LogP contribution < -0.4 is 11.1 Å². The summed E-state index contributed by atoms with van der Waals surface area (Å²) in [6.45, 7) is 0. The van der Waals surface area contributed by atoms with Crippen molar-refractivity contribution >= 4 is 23.2 Å². The summed E-state index contributed by atoms with van der Waals surface area (Å²) < 4.78 is 0. The Labute approximate surface area is 128 Å². The molecule has 0 aliphatic carbocycles. The molecule has 0 aliphatic heterocycles. The lowest BCUT2D eigenvalue weighted by atomic mass is 10.1. The predicted octanol–water partition coefficient (Wildman–Crippen LogP) is 2.72. The first-order chi connectivity index (χ1) is 10.1. The molecule has 0 radical (unpaired) electrons. The number of amides is 1. The highest BCUT2D eigenvalue weighted by atomic mass is 35.5. The Kier molecular flexibility index (Phi) is 4.94. The molecule has 2 rings (SSSR count). The molecule has 1 amide bonds. The minimum Gasteiger partial charge on any atom is -0.323 e. The summed E-state index contributed by atoms with van der Waals surface area (Å²) in [7, 11) is 0. The molecular formula is C16H14ClN3O. The van der Waals surface area contributed by atoms with Gasteiger partial charge >= 0.3 is 0 Å². The van der Waals surface area contributed by atoms with Gasteiger partial charge in [-0.15, -0.1) is 0 Å². The van der Waals surface area contributed by atoms with Crippen LogP contribution in [0.15, 0.2) is 48.5 Å². The quantitative estimate of drug-likeness (QED) is 0.911. The summed E-state index contributed by atoms with van der Waals surface area (Å²) in [5, 5.41) is 12.1. The van der Waals surface area contributed by atoms with Crippen molar-refractivity contribution in [3.63, 3.8) is 0 Å². The zero-order valence-electron chi connectivity index (χ0n) is 11.2. The first kappa shape index (κ1) is 15.0. The van der Waals surface area contributed by atoms with Crippen LogP contribution in [0, 0.1) is 11.3 Å². The molecule has 0 aromatic heterocycles. The van der Waals surface area contributed by atoms with E-state index in [9.17, 15) is 4.79 Å². The van der Waals surface area contributed by atoms with Gasteiger partial charge in [-0.2, -0.15) is 5.26 Å². The first-order valence-corrected chi connectivity index (χ1v) is 6.78. The number of rotatable bonds is 4. The summed E-state index contributed by atoms with van der Waals surface area (Å²) in [5.41, 5.74) is 7.60. The zero-order chi connectivity index (χ0) is 15.2. The van der Waals surface area contributed by atoms with Crippen molar-refractivity contribution in [1.29, 1.82) is 5.26 Å². The Morgan fingerprint density at radius 3 is 2.67 bits per heavy atom. The Balaban J connectivity index is 2.08. The molecule has 0 aliphatic rings. The van der Waals surface area contributed by atoms with Crippen LogP contribution in [-0.2, 0) is 11.2 Å². The second kappa shape index (κ2) is 6.89. The van der Waals surface area contributed by atoms with E-state index >= 15 is 0 Å². The summed E-state index contributed by atoms with van der Waals surface area (Å²) in [5.74, 6) is -0.349. The highest BCUT2D eigenvalue weighted by molar-refractivity contribution is 6.31. The number of nitrogens with zero attached hydrogens (tertiary/aromatic N) is 1. The molecule has 0 saturated heterocycles. The number of anilines is 1. The fourth-order valence-corrected chi connectivity index (χ4v) is 2.08. The van der Waals surface area contributed by atoms with Crippen molar-refractivity contribution in [2.75, 3.05) is 5.32 Å². The molecule has 0 fully saturated rings. The van der Waals surface area contributed by atoms with E-state index < -0.39 is 6.04 Å². The Morgan fingerprint density at radius 1 is 1.29 bits per heavy atom. The van der Waals surface area contributed by atoms with Gasteiger partial charge in [0.25, 0.3) is 0 Å². The fourth-order valence-electron chi connectivity index (χ4n) is 1.90. The number of carbonyl (C=O) groups is 1. The second-order valence-corrected chi connectivity index (χ2v) is 5.02. The lowest BCUT2D eigenvalue weighted by Gasteiger charge is -2.13. The van der Waals surface area contributed by atoms with E-state index in [2.05, 4.69) is 5.32 Å². The standard InChI is InChI=1S/C16H14ClN3O/c17-13-7-6-12(10-18)15(9-13)20-16(21)14(19)8-11-4-2-1-3-5-11/h1-7,9,14H,8,19H2,(H,20,21)/t14-/m0/s1. The molecule has 3 N–H and O–H groups in total. The highest BCUT2D eigenvalue weighted by Crippen LogP contribution is 2.20. The number of nitrogens with one attached hydrogen (secondary N) is 1. The monoisotopic (exact) mass is 299 g/mol. The summed E-state index contributed by atoms with van der Waals surface area (Å²) >= 11 is 5.87. The minimum atomic E-state index is -0.696. The van der Waals surface area contributed by atoms with Gasteiger partial charge in [0.15, 0.2) is 0 Å². The highest BCUT2D eigenvalue weighted by Gasteiger charge is 2.16. The SMILES string of the molecule is N#Cc1ccc(Cl)cc1NC(=O)[C@@H](N)Cc1ccccc1. The van der Waals surface area contributed by atoms with E-state index in [1.54, 1.807) is 12.1 Å². The molecule has 5 heteroatoms. The van der Waals surface area contributed by atoms with E-state index in [1.807, 2.05) is 36.4 Å². The summed E-state index contributed by atoms with van der Waals surface area (Å²) in [6, 6.07) is 15.5. The van der Waals surface area contributed by atoms with Gasteiger partial charge in [0.05, 0.1) is 17.3 Å². The summed E-state index contributed by atoms with van der Waals surface area (Å²) in [4.78, 5) is 12.1. The van der Waals surface area contributed by atoms with Crippen LogP contribution in [0.2, 0.25) is 5.02 Å². The maximum atomic E-state index is 12.1. The van der Waals surface area contributed by atoms with Crippen molar-refractivity contribution in [2.24, 2.45) is 5.73 Å². The maximum absolute atomic E-state index is 12.1.